The highest BCUT2D eigenvalue weighted by Gasteiger charge is 2.38. The maximum Gasteiger partial charge on any atom is 0.192 e. The van der Waals surface area contributed by atoms with Gasteiger partial charge in [0.2, 0.25) is 0 Å². The van der Waals surface area contributed by atoms with Gasteiger partial charge >= 0.3 is 0 Å². The van der Waals surface area contributed by atoms with Gasteiger partial charge in [-0.25, -0.2) is 9.97 Å². The summed E-state index contributed by atoms with van der Waals surface area (Å²) in [6, 6.07) is 23.9. The van der Waals surface area contributed by atoms with Gasteiger partial charge in [0.15, 0.2) is 16.6 Å². The van der Waals surface area contributed by atoms with Crippen LogP contribution in [0.1, 0.15) is 47.2 Å². The largest absolute Gasteiger partial charge is 0.497 e. The average Bonchev–Trinajstić information content (AvgIpc) is 3.86. The molecule has 362 valence electrons. The van der Waals surface area contributed by atoms with Crippen molar-refractivity contribution in [2.45, 2.75) is 77.8 Å². The quantitative estimate of drug-likeness (QED) is 0.0808. The van der Waals surface area contributed by atoms with Crippen molar-refractivity contribution in [3.8, 4) is 23.0 Å². The van der Waals surface area contributed by atoms with Crippen molar-refractivity contribution in [3.63, 3.8) is 0 Å². The highest BCUT2D eigenvalue weighted by atomic mass is 35.5. The lowest BCUT2D eigenvalue weighted by atomic mass is 10.1. The van der Waals surface area contributed by atoms with Crippen LogP contribution in [0.15, 0.2) is 96.3 Å². The van der Waals surface area contributed by atoms with Crippen molar-refractivity contribution < 1.29 is 27.8 Å². The molecule has 0 N–H and O–H groups in total. The molecule has 13 nitrogen and oxygen atoms in total. The van der Waals surface area contributed by atoms with Gasteiger partial charge in [0.1, 0.15) is 28.2 Å². The van der Waals surface area contributed by atoms with Gasteiger partial charge in [-0.15, -0.1) is 0 Å². The molecule has 2 aromatic heterocycles. The minimum absolute atomic E-state index is 0.143. The van der Waals surface area contributed by atoms with E-state index in [4.69, 9.17) is 44.4 Å². The molecule has 68 heavy (non-hydrogen) atoms. The van der Waals surface area contributed by atoms with E-state index in [1.54, 1.807) is 34.6 Å². The van der Waals surface area contributed by atoms with E-state index in [0.29, 0.717) is 38.0 Å². The Morgan fingerprint density at radius 3 is 1.37 bits per heavy atom. The van der Waals surface area contributed by atoms with Gasteiger partial charge in [0, 0.05) is 84.0 Å². The zero-order valence-corrected chi connectivity index (χ0v) is 45.0. The molecule has 3 heterocycles. The average molecular weight is 979 g/mol. The monoisotopic (exact) mass is 977 g/mol. The Balaban J connectivity index is 0.000000226. The van der Waals surface area contributed by atoms with E-state index in [0.717, 1.165) is 79.1 Å². The van der Waals surface area contributed by atoms with Crippen molar-refractivity contribution in [2.24, 2.45) is 4.99 Å². The molecule has 0 bridgehead atoms. The molecule has 0 spiro atoms. The van der Waals surface area contributed by atoms with Gasteiger partial charge in [-0.05, 0) is 72.7 Å². The molecular formula is C52H68ClN7O6Si2. The lowest BCUT2D eigenvalue weighted by molar-refractivity contribution is 0.297. The first-order valence-electron chi connectivity index (χ1n) is 22.8. The number of aliphatic imine (C=N–C) groups is 1. The summed E-state index contributed by atoms with van der Waals surface area (Å²) in [5.74, 6) is 2.90. The van der Waals surface area contributed by atoms with E-state index in [9.17, 15) is 0 Å². The van der Waals surface area contributed by atoms with Crippen LogP contribution in [0, 0.1) is 0 Å². The van der Waals surface area contributed by atoms with Crippen molar-refractivity contribution in [3.05, 3.63) is 102 Å². The number of aromatic nitrogens is 4. The van der Waals surface area contributed by atoms with E-state index in [2.05, 4.69) is 116 Å². The van der Waals surface area contributed by atoms with E-state index < -0.39 is 16.6 Å². The number of halogens is 1. The summed E-state index contributed by atoms with van der Waals surface area (Å²) in [6.45, 7) is 25.8. The number of benzene rings is 4. The van der Waals surface area contributed by atoms with Crippen LogP contribution in [0.25, 0.3) is 27.6 Å². The molecule has 0 aliphatic carbocycles. The molecule has 1 aliphatic heterocycles. The first kappa shape index (κ1) is 51.8. The van der Waals surface area contributed by atoms with Gasteiger partial charge in [0.05, 0.1) is 88.4 Å². The second kappa shape index (κ2) is 21.8. The van der Waals surface area contributed by atoms with E-state index >= 15 is 0 Å². The summed E-state index contributed by atoms with van der Waals surface area (Å²) >= 11 is 6.09. The number of fused-ring (bicyclic) bond motifs is 2. The molecule has 7 rings (SSSR count). The van der Waals surface area contributed by atoms with Crippen molar-refractivity contribution >= 4 is 84.8 Å². The van der Waals surface area contributed by atoms with Crippen LogP contribution in [0.5, 0.6) is 23.0 Å². The lowest BCUT2D eigenvalue weighted by Crippen LogP contribution is -2.42. The number of rotatable bonds is 17. The second-order valence-electron chi connectivity index (χ2n) is 19.6. The molecule has 0 saturated carbocycles. The number of ether oxygens (including phenoxy) is 4. The van der Waals surface area contributed by atoms with Gasteiger partial charge in [-0.2, -0.15) is 0 Å². The van der Waals surface area contributed by atoms with Gasteiger partial charge in [-0.3, -0.25) is 15.0 Å². The number of allylic oxidation sites excluding steroid dienone is 1. The summed E-state index contributed by atoms with van der Waals surface area (Å²) in [5, 5.41) is 0.654. The minimum Gasteiger partial charge on any atom is -0.497 e. The lowest BCUT2D eigenvalue weighted by Gasteiger charge is -2.37. The molecule has 1 aliphatic rings. The fraction of sp³-hybridized carbons (Fsp3) is 0.404. The highest BCUT2D eigenvalue weighted by molar-refractivity contribution is 6.74. The summed E-state index contributed by atoms with van der Waals surface area (Å²) < 4.78 is 35.1. The van der Waals surface area contributed by atoms with Gasteiger partial charge < -0.3 is 37.6 Å². The molecule has 0 unspecified atom stereocenters. The standard InChI is InChI=1S/C28H36N4O3Si.C24H32ClN3O3Si/c1-28(2,3)36(6,7)35-13-12-32(22-14-23(33-4)17-24(15-22)34-5)21-8-9-25-26(16-21)31-27(19-30-25)20-10-11-29-18-20;1-24(2,3)32(6,7)31-11-10-28(18-12-19(29-4)15-20(13-18)30-5)17-8-9-21-22(14-17)27-23(25)16-26-21/h8-10,14-19H,11-13H2,1-7H3;8-9,12-16H,10-11H2,1-7H3. The third-order valence-corrected chi connectivity index (χ3v) is 22.3. The van der Waals surface area contributed by atoms with Gasteiger partial charge in [-0.1, -0.05) is 59.2 Å². The van der Waals surface area contributed by atoms with Crippen LogP contribution in [-0.2, 0) is 8.85 Å². The molecule has 4 aromatic carbocycles. The maximum atomic E-state index is 6.54. The fourth-order valence-electron chi connectivity index (χ4n) is 6.91. The molecular weight excluding hydrogens is 910 g/mol. The van der Waals surface area contributed by atoms with Gasteiger partial charge in [0.25, 0.3) is 0 Å². The molecule has 0 saturated heterocycles. The zero-order chi connectivity index (χ0) is 49.4. The normalized spacial score (nSPS) is 13.0. The van der Waals surface area contributed by atoms with Crippen molar-refractivity contribution in [1.29, 1.82) is 0 Å². The van der Waals surface area contributed by atoms with E-state index in [1.165, 1.54) is 0 Å². The number of methoxy groups -OCH3 is 4. The molecule has 16 heteroatoms. The molecule has 0 amide bonds. The summed E-state index contributed by atoms with van der Waals surface area (Å²) in [6.07, 6.45) is 7.28. The fourth-order valence-corrected chi connectivity index (χ4v) is 9.11. The topological polar surface area (TPSA) is 126 Å². The van der Waals surface area contributed by atoms with Crippen LogP contribution in [0.4, 0.5) is 22.7 Å². The second-order valence-corrected chi connectivity index (χ2v) is 29.6. The summed E-state index contributed by atoms with van der Waals surface area (Å²) in [5.41, 5.74) is 8.90. The summed E-state index contributed by atoms with van der Waals surface area (Å²) in [7, 11) is 2.86. The summed E-state index contributed by atoms with van der Waals surface area (Å²) in [4.78, 5) is 27.0. The number of hydrogen-bond donors (Lipinski definition) is 0. The number of hydrogen-bond acceptors (Lipinski definition) is 13. The van der Waals surface area contributed by atoms with Crippen LogP contribution in [-0.4, -0.2) is 104 Å². The van der Waals surface area contributed by atoms with Crippen LogP contribution in [0.3, 0.4) is 0 Å². The Bertz CT molecular complexity index is 2710. The van der Waals surface area contributed by atoms with Crippen LogP contribution < -0.4 is 28.7 Å². The molecule has 0 atom stereocenters. The Kier molecular flexibility index (Phi) is 16.6. The first-order valence-corrected chi connectivity index (χ1v) is 29.0. The number of nitrogens with zero attached hydrogens (tertiary/aromatic N) is 7. The minimum atomic E-state index is -1.89. The Hall–Kier alpha value is -5.59. The van der Waals surface area contributed by atoms with Crippen LogP contribution in [0.2, 0.25) is 41.4 Å². The number of anilines is 4. The highest BCUT2D eigenvalue weighted by Crippen LogP contribution is 2.40. The van der Waals surface area contributed by atoms with Crippen molar-refractivity contribution in [2.75, 3.05) is 71.1 Å². The van der Waals surface area contributed by atoms with E-state index in [1.807, 2.05) is 73.1 Å². The van der Waals surface area contributed by atoms with E-state index in [-0.39, 0.29) is 10.1 Å². The molecule has 0 radical (unpaired) electrons. The smallest absolute Gasteiger partial charge is 0.192 e. The third-order valence-electron chi connectivity index (χ3n) is 13.1. The Labute approximate surface area is 409 Å². The Morgan fingerprint density at radius 2 is 0.971 bits per heavy atom. The molecule has 0 fully saturated rings. The van der Waals surface area contributed by atoms with Crippen molar-refractivity contribution in [1.82, 2.24) is 19.9 Å². The Morgan fingerprint density at radius 1 is 0.544 bits per heavy atom. The molecule has 6 aromatic rings. The maximum absolute atomic E-state index is 6.54. The van der Waals surface area contributed by atoms with Crippen LogP contribution >= 0.6 is 11.6 Å². The first-order chi connectivity index (χ1) is 32.1. The SMILES string of the molecule is COc1cc(OC)cc(N(CCO[Si](C)(C)C(C)(C)C)c2ccc3ncc(C4=CCN=C4)nc3c2)c1.COc1cc(OC)cc(N(CCO[Si](C)(C)C(C)(C)C)c2ccc3ncc(Cl)nc3c2)c1. The predicted molar refractivity (Wildman–Crippen MR) is 285 cm³/mol. The zero-order valence-electron chi connectivity index (χ0n) is 42.2. The predicted octanol–water partition coefficient (Wildman–Crippen LogP) is 12.7. The third kappa shape index (κ3) is 12.7.